The molecule has 0 aliphatic heterocycles. The Kier molecular flexibility index (Phi) is 7.05. The molecule has 1 heterocycles. The van der Waals surface area contributed by atoms with Crippen molar-refractivity contribution in [3.05, 3.63) is 68.1 Å². The minimum atomic E-state index is -0.193. The summed E-state index contributed by atoms with van der Waals surface area (Å²) in [6.07, 6.45) is 2.42. The molecule has 0 bridgehead atoms. The number of pyridine rings is 1. The normalized spacial score (nSPS) is 10.9. The van der Waals surface area contributed by atoms with Gasteiger partial charge in [0.15, 0.2) is 0 Å². The van der Waals surface area contributed by atoms with Crippen molar-refractivity contribution < 1.29 is 4.79 Å². The smallest absolute Gasteiger partial charge is 0.252 e. The van der Waals surface area contributed by atoms with E-state index in [1.54, 1.807) is 24.4 Å². The molecule has 0 fully saturated rings. The van der Waals surface area contributed by atoms with Crippen LogP contribution in [-0.2, 0) is 6.54 Å². The van der Waals surface area contributed by atoms with Gasteiger partial charge in [0.2, 0.25) is 0 Å². The number of rotatable bonds is 7. The summed E-state index contributed by atoms with van der Waals surface area (Å²) in [6, 6.07) is 8.13. The molecule has 0 aliphatic carbocycles. The molecule has 1 amide bonds. The highest BCUT2D eigenvalue weighted by Crippen LogP contribution is 2.22. The lowest BCUT2D eigenvalue weighted by molar-refractivity contribution is 0.0951. The van der Waals surface area contributed by atoms with Crippen molar-refractivity contribution in [1.82, 2.24) is 14.8 Å². The van der Waals surface area contributed by atoms with E-state index in [1.165, 1.54) is 16.7 Å². The molecule has 0 atom stereocenters. The average molecular weight is 382 g/mol. The molecule has 25 heavy (non-hydrogen) atoms. The van der Waals surface area contributed by atoms with Gasteiger partial charge in [0, 0.05) is 18.8 Å². The number of halogens is 2. The average Bonchev–Trinajstić information content (AvgIpc) is 2.56. The number of hydrogen-bond donors (Lipinski definition) is 1. The second-order valence-electron chi connectivity index (χ2n) is 6.05. The molecule has 5 nitrogen and oxygen atoms in total. The van der Waals surface area contributed by atoms with Crippen LogP contribution in [0.1, 0.15) is 22.3 Å². The summed E-state index contributed by atoms with van der Waals surface area (Å²) < 4.78 is 1.48. The molecule has 2 aromatic rings. The first-order chi connectivity index (χ1) is 11.9. The van der Waals surface area contributed by atoms with Gasteiger partial charge in [0.25, 0.3) is 11.5 Å². The number of nitrogens with one attached hydrogen (secondary N) is 1. The van der Waals surface area contributed by atoms with Gasteiger partial charge in [-0.15, -0.1) is 0 Å². The van der Waals surface area contributed by atoms with Crippen LogP contribution in [0.5, 0.6) is 0 Å². The van der Waals surface area contributed by atoms with Crippen LogP contribution in [0.4, 0.5) is 0 Å². The van der Waals surface area contributed by atoms with Gasteiger partial charge in [-0.05, 0) is 50.8 Å². The second kappa shape index (κ2) is 9.04. The monoisotopic (exact) mass is 381 g/mol. The molecular weight excluding hydrogens is 361 g/mol. The number of aromatic nitrogens is 1. The molecule has 1 N–H and O–H groups in total. The number of benzene rings is 1. The fraction of sp³-hybridized carbons (Fsp3) is 0.333. The largest absolute Gasteiger partial charge is 0.352 e. The van der Waals surface area contributed by atoms with E-state index in [0.717, 1.165) is 18.5 Å². The van der Waals surface area contributed by atoms with Crippen LogP contribution in [0.3, 0.4) is 0 Å². The molecule has 2 rings (SSSR count). The number of carbonyl (C=O) groups is 1. The van der Waals surface area contributed by atoms with Crippen molar-refractivity contribution in [2.45, 2.75) is 13.0 Å². The number of carbonyl (C=O) groups excluding carboxylic acids is 1. The molecule has 1 aromatic heterocycles. The predicted molar refractivity (Wildman–Crippen MR) is 102 cm³/mol. The van der Waals surface area contributed by atoms with Gasteiger partial charge >= 0.3 is 0 Å². The van der Waals surface area contributed by atoms with E-state index in [-0.39, 0.29) is 11.5 Å². The zero-order valence-electron chi connectivity index (χ0n) is 14.3. The molecule has 0 aliphatic rings. The van der Waals surface area contributed by atoms with E-state index in [0.29, 0.717) is 28.7 Å². The third-order valence-electron chi connectivity index (χ3n) is 3.65. The van der Waals surface area contributed by atoms with Crippen molar-refractivity contribution in [2.24, 2.45) is 0 Å². The van der Waals surface area contributed by atoms with Crippen LogP contribution in [0, 0.1) is 0 Å². The van der Waals surface area contributed by atoms with Crippen molar-refractivity contribution >= 4 is 29.1 Å². The summed E-state index contributed by atoms with van der Waals surface area (Å²) in [5.74, 6) is -0.193. The van der Waals surface area contributed by atoms with E-state index < -0.39 is 0 Å². The Morgan fingerprint density at radius 2 is 1.92 bits per heavy atom. The van der Waals surface area contributed by atoms with Gasteiger partial charge in [-0.3, -0.25) is 9.59 Å². The van der Waals surface area contributed by atoms with Gasteiger partial charge in [0.05, 0.1) is 22.2 Å². The van der Waals surface area contributed by atoms with Gasteiger partial charge in [-0.1, -0.05) is 29.3 Å². The Hall–Kier alpha value is -1.82. The van der Waals surface area contributed by atoms with Crippen LogP contribution in [0.25, 0.3) is 0 Å². The number of nitrogens with zero attached hydrogens (tertiary/aromatic N) is 2. The highest BCUT2D eigenvalue weighted by molar-refractivity contribution is 6.42. The predicted octanol–water partition coefficient (Wildman–Crippen LogP) is 2.88. The molecule has 1 aromatic carbocycles. The Labute approximate surface area is 157 Å². The van der Waals surface area contributed by atoms with Gasteiger partial charge in [-0.2, -0.15) is 0 Å². The molecule has 0 unspecified atom stereocenters. The maximum atomic E-state index is 12.2. The third-order valence-corrected chi connectivity index (χ3v) is 4.39. The van der Waals surface area contributed by atoms with Crippen LogP contribution >= 0.6 is 23.2 Å². The summed E-state index contributed by atoms with van der Waals surface area (Å²) in [7, 11) is 3.97. The third kappa shape index (κ3) is 5.88. The minimum absolute atomic E-state index is 0.185. The first kappa shape index (κ1) is 19.5. The van der Waals surface area contributed by atoms with Crippen molar-refractivity contribution in [1.29, 1.82) is 0 Å². The highest BCUT2D eigenvalue weighted by atomic mass is 35.5. The fourth-order valence-electron chi connectivity index (χ4n) is 2.32. The van der Waals surface area contributed by atoms with Crippen LogP contribution in [0.15, 0.2) is 41.3 Å². The van der Waals surface area contributed by atoms with E-state index in [9.17, 15) is 9.59 Å². The second-order valence-corrected chi connectivity index (χ2v) is 6.86. The Balaban J connectivity index is 2.07. The molecule has 0 spiro atoms. The Morgan fingerprint density at radius 3 is 2.60 bits per heavy atom. The van der Waals surface area contributed by atoms with Crippen LogP contribution in [-0.4, -0.2) is 42.6 Å². The van der Waals surface area contributed by atoms with E-state index in [1.807, 2.05) is 14.1 Å². The van der Waals surface area contributed by atoms with Crippen molar-refractivity contribution in [3.63, 3.8) is 0 Å². The van der Waals surface area contributed by atoms with Crippen molar-refractivity contribution in [2.75, 3.05) is 27.2 Å². The van der Waals surface area contributed by atoms with E-state index in [4.69, 9.17) is 23.2 Å². The zero-order valence-corrected chi connectivity index (χ0v) is 15.8. The Morgan fingerprint density at radius 1 is 1.16 bits per heavy atom. The van der Waals surface area contributed by atoms with Gasteiger partial charge in [0.1, 0.15) is 0 Å². The Bertz CT molecular complexity index is 803. The quantitative estimate of drug-likeness (QED) is 0.750. The summed E-state index contributed by atoms with van der Waals surface area (Å²) in [5.41, 5.74) is 1.10. The maximum Gasteiger partial charge on any atom is 0.252 e. The molecule has 134 valence electrons. The molecular formula is C18H21Cl2N3O2. The van der Waals surface area contributed by atoms with Gasteiger partial charge < -0.3 is 14.8 Å². The number of hydrogen-bond acceptors (Lipinski definition) is 3. The summed E-state index contributed by atoms with van der Waals surface area (Å²) >= 11 is 11.9. The standard InChI is InChI=1S/C18H21Cl2N3O2/c1-22(2)9-3-8-21-18(25)14-5-7-17(24)23(12-14)11-13-4-6-15(19)16(20)10-13/h4-7,10,12H,3,8-9,11H2,1-2H3,(H,21,25). The summed E-state index contributed by atoms with van der Waals surface area (Å²) in [6.45, 7) is 1.80. The first-order valence-electron chi connectivity index (χ1n) is 7.94. The summed E-state index contributed by atoms with van der Waals surface area (Å²) in [5, 5.41) is 3.76. The number of amides is 1. The maximum absolute atomic E-state index is 12.2. The fourth-order valence-corrected chi connectivity index (χ4v) is 2.64. The summed E-state index contributed by atoms with van der Waals surface area (Å²) in [4.78, 5) is 26.3. The van der Waals surface area contributed by atoms with E-state index >= 15 is 0 Å². The highest BCUT2D eigenvalue weighted by Gasteiger charge is 2.08. The molecule has 0 saturated heterocycles. The first-order valence-corrected chi connectivity index (χ1v) is 8.70. The lowest BCUT2D eigenvalue weighted by Gasteiger charge is -2.11. The molecule has 0 saturated carbocycles. The lowest BCUT2D eigenvalue weighted by atomic mass is 10.2. The van der Waals surface area contributed by atoms with Crippen molar-refractivity contribution in [3.8, 4) is 0 Å². The minimum Gasteiger partial charge on any atom is -0.352 e. The van der Waals surface area contributed by atoms with E-state index in [2.05, 4.69) is 10.2 Å². The topological polar surface area (TPSA) is 54.3 Å². The van der Waals surface area contributed by atoms with Gasteiger partial charge in [-0.25, -0.2) is 0 Å². The van der Waals surface area contributed by atoms with Crippen LogP contribution < -0.4 is 10.9 Å². The SMILES string of the molecule is CN(C)CCCNC(=O)c1ccc(=O)n(Cc2ccc(Cl)c(Cl)c2)c1. The molecule has 7 heteroatoms. The molecule has 0 radical (unpaired) electrons. The lowest BCUT2D eigenvalue weighted by Crippen LogP contribution is -2.29. The zero-order chi connectivity index (χ0) is 18.4. The van der Waals surface area contributed by atoms with Crippen LogP contribution in [0.2, 0.25) is 10.0 Å².